The van der Waals surface area contributed by atoms with Crippen LogP contribution in [0.3, 0.4) is 0 Å². The van der Waals surface area contributed by atoms with Gasteiger partial charge < -0.3 is 15.1 Å². The van der Waals surface area contributed by atoms with E-state index in [4.69, 9.17) is 4.42 Å². The maximum absolute atomic E-state index is 12.0. The van der Waals surface area contributed by atoms with Gasteiger partial charge in [-0.05, 0) is 50.3 Å². The summed E-state index contributed by atoms with van der Waals surface area (Å²) in [4.78, 5) is 25.9. The Bertz CT molecular complexity index is 663. The van der Waals surface area contributed by atoms with Crippen LogP contribution in [0.1, 0.15) is 24.3 Å². The molecule has 0 radical (unpaired) electrons. The first-order valence-corrected chi connectivity index (χ1v) is 7.89. The van der Waals surface area contributed by atoms with Crippen molar-refractivity contribution < 1.29 is 14.0 Å². The van der Waals surface area contributed by atoms with Gasteiger partial charge >= 0.3 is 11.8 Å². The lowest BCUT2D eigenvalue weighted by molar-refractivity contribution is -0.136. The van der Waals surface area contributed by atoms with Crippen LogP contribution in [0.15, 0.2) is 47.1 Å². The number of carbonyl (C=O) groups is 2. The number of aryl methyl sites for hydroxylation is 1. The number of carbonyl (C=O) groups excluding carboxylic acids is 2. The standard InChI is InChI=1S/C18H23N3O3/c1-4-13-7-9-14(10-8-13)20-18(23)17(22)19-12-15(21(2)3)16-6-5-11-24-16/h5-11,15H,4,12H2,1-3H3,(H,19,22)(H,20,23). The van der Waals surface area contributed by atoms with Gasteiger partial charge in [0.25, 0.3) is 0 Å². The molecule has 1 unspecified atom stereocenters. The van der Waals surface area contributed by atoms with Crippen molar-refractivity contribution in [2.24, 2.45) is 0 Å². The fourth-order valence-electron chi connectivity index (χ4n) is 2.30. The number of rotatable bonds is 6. The SMILES string of the molecule is CCc1ccc(NC(=O)C(=O)NCC(c2ccco2)N(C)C)cc1. The fourth-order valence-corrected chi connectivity index (χ4v) is 2.30. The normalized spacial score (nSPS) is 12.0. The molecular weight excluding hydrogens is 306 g/mol. The molecule has 1 atom stereocenters. The van der Waals surface area contributed by atoms with Gasteiger partial charge in [0.05, 0.1) is 12.3 Å². The van der Waals surface area contributed by atoms with E-state index in [1.807, 2.05) is 37.2 Å². The Labute approximate surface area is 141 Å². The van der Waals surface area contributed by atoms with Gasteiger partial charge in [-0.2, -0.15) is 0 Å². The van der Waals surface area contributed by atoms with Crippen molar-refractivity contribution >= 4 is 17.5 Å². The van der Waals surface area contributed by atoms with Crippen molar-refractivity contribution in [2.75, 3.05) is 26.0 Å². The number of nitrogens with one attached hydrogen (secondary N) is 2. The van der Waals surface area contributed by atoms with Crippen molar-refractivity contribution in [2.45, 2.75) is 19.4 Å². The van der Waals surface area contributed by atoms with Crippen molar-refractivity contribution in [1.29, 1.82) is 0 Å². The summed E-state index contributed by atoms with van der Waals surface area (Å²) in [6.45, 7) is 2.34. The Morgan fingerprint density at radius 1 is 1.12 bits per heavy atom. The van der Waals surface area contributed by atoms with Crippen molar-refractivity contribution in [3.63, 3.8) is 0 Å². The van der Waals surface area contributed by atoms with Crippen LogP contribution in [0.25, 0.3) is 0 Å². The third-order valence-electron chi connectivity index (χ3n) is 3.78. The van der Waals surface area contributed by atoms with E-state index < -0.39 is 11.8 Å². The fraction of sp³-hybridized carbons (Fsp3) is 0.333. The van der Waals surface area contributed by atoms with E-state index in [0.29, 0.717) is 5.69 Å². The Balaban J connectivity index is 1.89. The zero-order chi connectivity index (χ0) is 17.5. The predicted octanol–water partition coefficient (Wildman–Crippen LogP) is 2.20. The summed E-state index contributed by atoms with van der Waals surface area (Å²) in [6, 6.07) is 10.9. The Kier molecular flexibility index (Phi) is 6.14. The Morgan fingerprint density at radius 3 is 2.38 bits per heavy atom. The molecule has 1 heterocycles. The molecule has 128 valence electrons. The summed E-state index contributed by atoms with van der Waals surface area (Å²) in [5.41, 5.74) is 1.77. The summed E-state index contributed by atoms with van der Waals surface area (Å²) in [7, 11) is 3.77. The van der Waals surface area contributed by atoms with Gasteiger partial charge in [-0.15, -0.1) is 0 Å². The number of benzene rings is 1. The molecule has 2 N–H and O–H groups in total. The van der Waals surface area contributed by atoms with Crippen LogP contribution >= 0.6 is 0 Å². The zero-order valence-corrected chi connectivity index (χ0v) is 14.2. The first-order valence-electron chi connectivity index (χ1n) is 7.89. The molecule has 2 amide bonds. The summed E-state index contributed by atoms with van der Waals surface area (Å²) in [5, 5.41) is 5.24. The molecular formula is C18H23N3O3. The average molecular weight is 329 g/mol. The molecule has 0 aliphatic rings. The highest BCUT2D eigenvalue weighted by molar-refractivity contribution is 6.39. The zero-order valence-electron chi connectivity index (χ0n) is 14.2. The van der Waals surface area contributed by atoms with Crippen molar-refractivity contribution in [3.05, 3.63) is 54.0 Å². The molecule has 0 saturated heterocycles. The molecule has 1 aromatic heterocycles. The van der Waals surface area contributed by atoms with Crippen molar-refractivity contribution in [3.8, 4) is 0 Å². The topological polar surface area (TPSA) is 74.6 Å². The number of furan rings is 1. The minimum Gasteiger partial charge on any atom is -0.468 e. The lowest BCUT2D eigenvalue weighted by Crippen LogP contribution is -2.40. The summed E-state index contributed by atoms with van der Waals surface area (Å²) >= 11 is 0. The molecule has 0 bridgehead atoms. The van der Waals surface area contributed by atoms with E-state index in [0.717, 1.165) is 12.2 Å². The number of anilines is 1. The van der Waals surface area contributed by atoms with E-state index in [9.17, 15) is 9.59 Å². The smallest absolute Gasteiger partial charge is 0.313 e. The lowest BCUT2D eigenvalue weighted by Gasteiger charge is -2.22. The molecule has 0 fully saturated rings. The number of hydrogen-bond acceptors (Lipinski definition) is 4. The second-order valence-electron chi connectivity index (χ2n) is 5.71. The monoisotopic (exact) mass is 329 g/mol. The van der Waals surface area contributed by atoms with Crippen LogP contribution in [0.5, 0.6) is 0 Å². The minimum atomic E-state index is -0.684. The van der Waals surface area contributed by atoms with Crippen LogP contribution in [0.2, 0.25) is 0 Å². The van der Waals surface area contributed by atoms with E-state index in [-0.39, 0.29) is 12.6 Å². The second kappa shape index (κ2) is 8.31. The molecule has 24 heavy (non-hydrogen) atoms. The largest absolute Gasteiger partial charge is 0.468 e. The predicted molar refractivity (Wildman–Crippen MR) is 92.6 cm³/mol. The molecule has 0 aliphatic carbocycles. The van der Waals surface area contributed by atoms with E-state index in [1.165, 1.54) is 5.56 Å². The maximum atomic E-state index is 12.0. The molecule has 2 rings (SSSR count). The van der Waals surface area contributed by atoms with E-state index >= 15 is 0 Å². The van der Waals surface area contributed by atoms with Gasteiger partial charge in [0.15, 0.2) is 0 Å². The first kappa shape index (κ1) is 17.7. The van der Waals surface area contributed by atoms with Gasteiger partial charge in [-0.1, -0.05) is 19.1 Å². The Hall–Kier alpha value is -2.60. The molecule has 6 heteroatoms. The third kappa shape index (κ3) is 4.70. The van der Waals surface area contributed by atoms with E-state index in [2.05, 4.69) is 17.6 Å². The van der Waals surface area contributed by atoms with Crippen LogP contribution in [0.4, 0.5) is 5.69 Å². The van der Waals surface area contributed by atoms with Gasteiger partial charge in [0.2, 0.25) is 0 Å². The first-order chi connectivity index (χ1) is 11.5. The molecule has 1 aromatic carbocycles. The highest BCUT2D eigenvalue weighted by Crippen LogP contribution is 2.17. The quantitative estimate of drug-likeness (QED) is 0.797. The van der Waals surface area contributed by atoms with Gasteiger partial charge in [0, 0.05) is 12.2 Å². The molecule has 0 spiro atoms. The number of amides is 2. The highest BCUT2D eigenvalue weighted by Gasteiger charge is 2.20. The van der Waals surface area contributed by atoms with Crippen LogP contribution < -0.4 is 10.6 Å². The average Bonchev–Trinajstić information content (AvgIpc) is 3.09. The number of likely N-dealkylation sites (N-methyl/N-ethyl adjacent to an activating group) is 1. The molecule has 0 aliphatic heterocycles. The lowest BCUT2D eigenvalue weighted by atomic mass is 10.1. The minimum absolute atomic E-state index is 0.138. The summed E-state index contributed by atoms with van der Waals surface area (Å²) < 4.78 is 5.37. The van der Waals surface area contributed by atoms with Gasteiger partial charge in [-0.3, -0.25) is 14.5 Å². The summed E-state index contributed by atoms with van der Waals surface area (Å²) in [6.07, 6.45) is 2.51. The molecule has 0 saturated carbocycles. The third-order valence-corrected chi connectivity index (χ3v) is 3.78. The Morgan fingerprint density at radius 2 is 1.83 bits per heavy atom. The van der Waals surface area contributed by atoms with Crippen molar-refractivity contribution in [1.82, 2.24) is 10.2 Å². The maximum Gasteiger partial charge on any atom is 0.313 e. The van der Waals surface area contributed by atoms with Crippen LogP contribution in [-0.2, 0) is 16.0 Å². The van der Waals surface area contributed by atoms with Gasteiger partial charge in [0.1, 0.15) is 5.76 Å². The molecule has 6 nitrogen and oxygen atoms in total. The second-order valence-corrected chi connectivity index (χ2v) is 5.71. The van der Waals surface area contributed by atoms with Crippen LogP contribution in [0, 0.1) is 0 Å². The molecule has 2 aromatic rings. The highest BCUT2D eigenvalue weighted by atomic mass is 16.3. The number of nitrogens with zero attached hydrogens (tertiary/aromatic N) is 1. The van der Waals surface area contributed by atoms with Gasteiger partial charge in [-0.25, -0.2) is 0 Å². The van der Waals surface area contributed by atoms with E-state index in [1.54, 1.807) is 24.5 Å². The van der Waals surface area contributed by atoms with Crippen LogP contribution in [-0.4, -0.2) is 37.4 Å². The summed E-state index contributed by atoms with van der Waals surface area (Å²) in [5.74, 6) is -0.625. The number of hydrogen-bond donors (Lipinski definition) is 2.